The van der Waals surface area contributed by atoms with Gasteiger partial charge < -0.3 is 14.7 Å². The molecule has 1 aliphatic heterocycles. The number of hydrogen-bond acceptors (Lipinski definition) is 5. The summed E-state index contributed by atoms with van der Waals surface area (Å²) in [5.41, 5.74) is 1.25. The molecule has 4 atom stereocenters. The van der Waals surface area contributed by atoms with Crippen LogP contribution in [-0.2, 0) is 24.2 Å². The van der Waals surface area contributed by atoms with Gasteiger partial charge in [0, 0.05) is 16.1 Å². The normalized spacial score (nSPS) is 20.6. The standard InChI is InChI=1S/C28H26Cl3NO6S/c1-2-21(16-39(36,37)24-9-4-3-8-22(24)31)32-26(17-10-12-19(29)13-11-17)27(18-6-5-7-20(30)14-18)38-23(28(32)35)15-25(33)34/h3-14,21,23,26-27H,2,15-16H2,1H3,(H,33,34)/t21-,23+,26-,27-/m1/s1. The van der Waals surface area contributed by atoms with E-state index in [9.17, 15) is 23.1 Å². The van der Waals surface area contributed by atoms with Gasteiger partial charge in [-0.2, -0.15) is 0 Å². The van der Waals surface area contributed by atoms with Gasteiger partial charge in [0.05, 0.1) is 28.1 Å². The minimum atomic E-state index is -3.94. The molecule has 0 spiro atoms. The summed E-state index contributed by atoms with van der Waals surface area (Å²) in [6.45, 7) is 1.77. The third kappa shape index (κ3) is 6.58. The molecule has 3 aromatic carbocycles. The van der Waals surface area contributed by atoms with Crippen LogP contribution >= 0.6 is 34.8 Å². The van der Waals surface area contributed by atoms with Crippen LogP contribution < -0.4 is 0 Å². The molecule has 1 amide bonds. The molecule has 0 bridgehead atoms. The second kappa shape index (κ2) is 12.3. The molecule has 0 aliphatic carbocycles. The van der Waals surface area contributed by atoms with Crippen molar-refractivity contribution < 1.29 is 27.9 Å². The number of rotatable bonds is 9. The Kier molecular flexibility index (Phi) is 9.24. The highest BCUT2D eigenvalue weighted by molar-refractivity contribution is 7.91. The number of aliphatic carboxylic acids is 1. The molecule has 1 aliphatic rings. The van der Waals surface area contributed by atoms with E-state index in [1.807, 2.05) is 0 Å². The van der Waals surface area contributed by atoms with Crippen LogP contribution in [0.1, 0.15) is 43.0 Å². The highest BCUT2D eigenvalue weighted by Crippen LogP contribution is 2.45. The molecule has 0 aromatic heterocycles. The van der Waals surface area contributed by atoms with E-state index in [-0.39, 0.29) is 16.3 Å². The number of sulfone groups is 1. The number of benzene rings is 3. The predicted molar refractivity (Wildman–Crippen MR) is 150 cm³/mol. The largest absolute Gasteiger partial charge is 0.481 e. The summed E-state index contributed by atoms with van der Waals surface area (Å²) in [5, 5.41) is 10.5. The van der Waals surface area contributed by atoms with Crippen LogP contribution in [0, 0.1) is 0 Å². The molecule has 39 heavy (non-hydrogen) atoms. The molecule has 1 N–H and O–H groups in total. The highest BCUT2D eigenvalue weighted by Gasteiger charge is 2.48. The lowest BCUT2D eigenvalue weighted by atomic mass is 9.89. The fraction of sp³-hybridized carbons (Fsp3) is 0.286. The fourth-order valence-corrected chi connectivity index (χ4v) is 7.38. The predicted octanol–water partition coefficient (Wildman–Crippen LogP) is 6.38. The first-order valence-corrected chi connectivity index (χ1v) is 15.0. The summed E-state index contributed by atoms with van der Waals surface area (Å²) in [7, 11) is -3.94. The maximum absolute atomic E-state index is 13.9. The molecule has 3 aromatic rings. The quantitative estimate of drug-likeness (QED) is 0.302. The Morgan fingerprint density at radius 3 is 2.28 bits per heavy atom. The summed E-state index contributed by atoms with van der Waals surface area (Å²) in [6, 6.07) is 18.2. The second-order valence-corrected chi connectivity index (χ2v) is 12.5. The monoisotopic (exact) mass is 609 g/mol. The number of amides is 1. The molecule has 206 valence electrons. The maximum Gasteiger partial charge on any atom is 0.306 e. The van der Waals surface area contributed by atoms with Gasteiger partial charge >= 0.3 is 5.97 Å². The number of carbonyl (C=O) groups is 2. The molecular weight excluding hydrogens is 585 g/mol. The summed E-state index contributed by atoms with van der Waals surface area (Å²) in [5.74, 6) is -2.26. The van der Waals surface area contributed by atoms with E-state index < -0.39 is 58.2 Å². The minimum absolute atomic E-state index is 0.0395. The first-order chi connectivity index (χ1) is 18.5. The van der Waals surface area contributed by atoms with Gasteiger partial charge in [0.1, 0.15) is 12.2 Å². The van der Waals surface area contributed by atoms with E-state index in [4.69, 9.17) is 39.5 Å². The summed E-state index contributed by atoms with van der Waals surface area (Å²) in [4.78, 5) is 27.0. The zero-order valence-electron chi connectivity index (χ0n) is 20.8. The Labute approximate surface area is 242 Å². The van der Waals surface area contributed by atoms with Crippen molar-refractivity contribution in [2.75, 3.05) is 5.75 Å². The highest BCUT2D eigenvalue weighted by atomic mass is 35.5. The number of carboxylic acid groups (broad SMARTS) is 1. The third-order valence-corrected chi connectivity index (χ3v) is 9.40. The van der Waals surface area contributed by atoms with Crippen LogP contribution in [-0.4, -0.2) is 48.2 Å². The van der Waals surface area contributed by atoms with Gasteiger partial charge in [-0.15, -0.1) is 0 Å². The van der Waals surface area contributed by atoms with Crippen molar-refractivity contribution in [3.8, 4) is 0 Å². The van der Waals surface area contributed by atoms with Gasteiger partial charge in [0.25, 0.3) is 5.91 Å². The lowest BCUT2D eigenvalue weighted by Crippen LogP contribution is -2.56. The molecule has 1 fully saturated rings. The molecule has 0 radical (unpaired) electrons. The second-order valence-electron chi connectivity index (χ2n) is 9.21. The van der Waals surface area contributed by atoms with E-state index in [1.54, 1.807) is 67.6 Å². The van der Waals surface area contributed by atoms with Gasteiger partial charge in [0.2, 0.25) is 0 Å². The third-order valence-electron chi connectivity index (χ3n) is 6.62. The van der Waals surface area contributed by atoms with Crippen LogP contribution in [0.5, 0.6) is 0 Å². The Morgan fingerprint density at radius 2 is 1.67 bits per heavy atom. The van der Waals surface area contributed by atoms with Crippen molar-refractivity contribution >= 4 is 56.5 Å². The molecular formula is C28H26Cl3NO6S. The molecule has 1 saturated heterocycles. The van der Waals surface area contributed by atoms with Crippen LogP contribution in [0.4, 0.5) is 0 Å². The zero-order chi connectivity index (χ0) is 28.3. The number of morpholine rings is 1. The Hall–Kier alpha value is -2.62. The average molecular weight is 611 g/mol. The van der Waals surface area contributed by atoms with Gasteiger partial charge in [-0.3, -0.25) is 9.59 Å². The van der Waals surface area contributed by atoms with E-state index in [0.717, 1.165) is 0 Å². The average Bonchev–Trinajstić information content (AvgIpc) is 2.89. The van der Waals surface area contributed by atoms with Gasteiger partial charge in [-0.05, 0) is 53.9 Å². The Bertz CT molecular complexity index is 1460. The van der Waals surface area contributed by atoms with E-state index >= 15 is 0 Å². The summed E-state index contributed by atoms with van der Waals surface area (Å²) < 4.78 is 33.2. The Balaban J connectivity index is 1.87. The number of ether oxygens (including phenoxy) is 1. The lowest BCUT2D eigenvalue weighted by molar-refractivity contribution is -0.182. The van der Waals surface area contributed by atoms with E-state index in [0.29, 0.717) is 21.2 Å². The van der Waals surface area contributed by atoms with E-state index in [2.05, 4.69) is 0 Å². The first kappa shape index (κ1) is 29.4. The lowest BCUT2D eigenvalue weighted by Gasteiger charge is -2.48. The number of halogens is 3. The van der Waals surface area contributed by atoms with Crippen LogP contribution in [0.25, 0.3) is 0 Å². The van der Waals surface area contributed by atoms with Crippen molar-refractivity contribution in [3.63, 3.8) is 0 Å². The number of carbonyl (C=O) groups excluding carboxylic acids is 1. The topological polar surface area (TPSA) is 101 Å². The number of nitrogens with zero attached hydrogens (tertiary/aromatic N) is 1. The Morgan fingerprint density at radius 1 is 0.974 bits per heavy atom. The van der Waals surface area contributed by atoms with Crippen LogP contribution in [0.2, 0.25) is 15.1 Å². The van der Waals surface area contributed by atoms with Crippen molar-refractivity contribution in [3.05, 3.63) is 99.0 Å². The van der Waals surface area contributed by atoms with E-state index in [1.165, 1.54) is 17.0 Å². The number of carboxylic acids is 1. The van der Waals surface area contributed by atoms with Gasteiger partial charge in [-0.25, -0.2) is 8.42 Å². The minimum Gasteiger partial charge on any atom is -0.481 e. The fourth-order valence-electron chi connectivity index (χ4n) is 4.83. The molecule has 0 saturated carbocycles. The van der Waals surface area contributed by atoms with Gasteiger partial charge in [0.15, 0.2) is 9.84 Å². The molecule has 4 rings (SSSR count). The van der Waals surface area contributed by atoms with Crippen LogP contribution in [0.3, 0.4) is 0 Å². The summed E-state index contributed by atoms with van der Waals surface area (Å²) >= 11 is 18.6. The van der Waals surface area contributed by atoms with Gasteiger partial charge in [-0.1, -0.05) is 78.1 Å². The number of hydrogen-bond donors (Lipinski definition) is 1. The maximum atomic E-state index is 13.9. The van der Waals surface area contributed by atoms with Crippen LogP contribution in [0.15, 0.2) is 77.7 Å². The van der Waals surface area contributed by atoms with Crippen molar-refractivity contribution in [1.82, 2.24) is 4.90 Å². The smallest absolute Gasteiger partial charge is 0.306 e. The summed E-state index contributed by atoms with van der Waals surface area (Å²) in [6.07, 6.45) is -2.51. The molecule has 1 heterocycles. The van der Waals surface area contributed by atoms with Crippen molar-refractivity contribution in [1.29, 1.82) is 0 Å². The van der Waals surface area contributed by atoms with Crippen molar-refractivity contribution in [2.45, 2.75) is 49.0 Å². The zero-order valence-corrected chi connectivity index (χ0v) is 23.9. The SMILES string of the molecule is CC[C@H](CS(=O)(=O)c1ccccc1Cl)N1C(=O)[C@H](CC(=O)O)O[C@H](c2cccc(Cl)c2)[C@H]1c1ccc(Cl)cc1. The van der Waals surface area contributed by atoms with Crippen molar-refractivity contribution in [2.24, 2.45) is 0 Å². The molecule has 7 nitrogen and oxygen atoms in total. The molecule has 0 unspecified atom stereocenters. The molecule has 11 heteroatoms. The first-order valence-electron chi connectivity index (χ1n) is 12.2.